The fraction of sp³-hybridized carbons (Fsp3) is 0.288. The second kappa shape index (κ2) is 31.4. The number of amides is 3. The number of aliphatic imine (C=N–C) groups is 3. The lowest BCUT2D eigenvalue weighted by Gasteiger charge is -2.13. The van der Waals surface area contributed by atoms with Crippen molar-refractivity contribution in [2.75, 3.05) is 96.2 Å². The highest BCUT2D eigenvalue weighted by atomic mass is 32.2. The Labute approximate surface area is 485 Å². The summed E-state index contributed by atoms with van der Waals surface area (Å²) in [6.07, 6.45) is -3.27. The number of ether oxygens (including phenoxy) is 5. The number of carboxylic acid groups (broad SMARTS) is 1. The van der Waals surface area contributed by atoms with Crippen LogP contribution < -0.4 is 31.3 Å². The molecule has 5 aromatic carbocycles. The zero-order valence-corrected chi connectivity index (χ0v) is 46.3. The number of phenolic OH excluding ortho intramolecular Hbond substituents is 1. The molecule has 0 saturated carbocycles. The van der Waals surface area contributed by atoms with Crippen LogP contribution >= 0.6 is 11.8 Å². The van der Waals surface area contributed by atoms with Crippen LogP contribution in [0.1, 0.15) is 45.1 Å². The SMILES string of the molecule is CCOC(=O)C1=C(O)/C(=C/c2ccc(OCCOCCOCCOCCNC(=O)c3cc(NC(=O)Cc4ccc(C5=NCCN5)cc4)cc(NC(=O)Cc4ccc(C5=NCCN5)cc4)c3)c(O)c2)SC1=Nc1ccccc1.O=C(O)C(F)(F)F. The first-order valence-electron chi connectivity index (χ1n) is 26.4. The predicted molar refractivity (Wildman–Crippen MR) is 310 cm³/mol. The molecule has 3 aliphatic rings. The molecule has 3 aliphatic heterocycles. The smallest absolute Gasteiger partial charge is 0.490 e. The molecule has 0 radical (unpaired) electrons. The molecule has 442 valence electrons. The van der Waals surface area contributed by atoms with E-state index in [0.29, 0.717) is 52.4 Å². The monoisotopic (exact) mass is 1180 g/mol. The van der Waals surface area contributed by atoms with E-state index in [1.807, 2.05) is 66.7 Å². The fourth-order valence-corrected chi connectivity index (χ4v) is 9.06. The van der Waals surface area contributed by atoms with Crippen molar-refractivity contribution in [1.82, 2.24) is 16.0 Å². The van der Waals surface area contributed by atoms with Crippen LogP contribution in [0.2, 0.25) is 0 Å². The molecule has 0 bridgehead atoms. The molecule has 8 rings (SSSR count). The number of alkyl halides is 3. The van der Waals surface area contributed by atoms with Crippen molar-refractivity contribution in [2.24, 2.45) is 15.0 Å². The molecule has 0 aromatic heterocycles. The van der Waals surface area contributed by atoms with E-state index < -0.39 is 24.0 Å². The summed E-state index contributed by atoms with van der Waals surface area (Å²) >= 11 is 1.12. The molecule has 0 fully saturated rings. The summed E-state index contributed by atoms with van der Waals surface area (Å²) in [6, 6.07) is 33.8. The zero-order chi connectivity index (χ0) is 59.8. The second-order valence-corrected chi connectivity index (χ2v) is 19.3. The van der Waals surface area contributed by atoms with Crippen LogP contribution in [0.3, 0.4) is 0 Å². The number of phenols is 1. The van der Waals surface area contributed by atoms with Gasteiger partial charge in [-0.15, -0.1) is 0 Å². The largest absolute Gasteiger partial charge is 0.506 e. The van der Waals surface area contributed by atoms with Crippen LogP contribution in [-0.2, 0) is 51.0 Å². The molecular weight excluding hydrogens is 1120 g/mol. The van der Waals surface area contributed by atoms with Gasteiger partial charge in [0.05, 0.1) is 82.8 Å². The third-order valence-corrected chi connectivity index (χ3v) is 13.0. The molecule has 8 N–H and O–H groups in total. The summed E-state index contributed by atoms with van der Waals surface area (Å²) in [4.78, 5) is 75.4. The van der Waals surface area contributed by atoms with Gasteiger partial charge in [-0.25, -0.2) is 14.6 Å². The van der Waals surface area contributed by atoms with Crippen molar-refractivity contribution in [3.63, 3.8) is 0 Å². The number of thioether (sulfide) groups is 1. The molecule has 0 aliphatic carbocycles. The quantitative estimate of drug-likeness (QED) is 0.0202. The molecule has 21 nitrogen and oxygen atoms in total. The average Bonchev–Trinajstić information content (AvgIpc) is 3.89. The third-order valence-electron chi connectivity index (χ3n) is 11.9. The summed E-state index contributed by atoms with van der Waals surface area (Å²) in [5, 5.41) is 44.2. The average molecular weight is 1180 g/mol. The number of carboxylic acids is 1. The number of aliphatic hydroxyl groups is 1. The van der Waals surface area contributed by atoms with E-state index in [9.17, 15) is 42.6 Å². The van der Waals surface area contributed by atoms with Crippen LogP contribution in [0, 0.1) is 0 Å². The molecular formula is C59H61F3N8O13S. The van der Waals surface area contributed by atoms with Gasteiger partial charge in [0.15, 0.2) is 11.5 Å². The van der Waals surface area contributed by atoms with Gasteiger partial charge in [-0.05, 0) is 72.2 Å². The van der Waals surface area contributed by atoms with Crippen LogP contribution in [0.4, 0.5) is 30.2 Å². The van der Waals surface area contributed by atoms with Crippen molar-refractivity contribution in [1.29, 1.82) is 0 Å². The van der Waals surface area contributed by atoms with Crippen LogP contribution in [0.15, 0.2) is 146 Å². The maximum absolute atomic E-state index is 13.4. The number of hydrogen-bond donors (Lipinski definition) is 8. The normalized spacial score (nSPS) is 14.6. The summed E-state index contributed by atoms with van der Waals surface area (Å²) in [6.45, 7) is 6.81. The fourth-order valence-electron chi connectivity index (χ4n) is 8.03. The molecule has 3 amide bonds. The molecule has 0 unspecified atom stereocenters. The van der Waals surface area contributed by atoms with Crippen molar-refractivity contribution >= 4 is 81.3 Å². The first-order valence-corrected chi connectivity index (χ1v) is 27.3. The summed E-state index contributed by atoms with van der Waals surface area (Å²) in [7, 11) is 0. The van der Waals surface area contributed by atoms with Crippen molar-refractivity contribution < 1.29 is 76.1 Å². The number of carbonyl (C=O) groups excluding carboxylic acids is 4. The van der Waals surface area contributed by atoms with Gasteiger partial charge < -0.3 is 65.6 Å². The summed E-state index contributed by atoms with van der Waals surface area (Å²) in [5.74, 6) is -2.92. The number of amidine groups is 2. The van der Waals surface area contributed by atoms with Crippen LogP contribution in [0.25, 0.3) is 6.08 Å². The van der Waals surface area contributed by atoms with Crippen molar-refractivity contribution in [2.45, 2.75) is 25.9 Å². The third kappa shape index (κ3) is 19.6. The highest BCUT2D eigenvalue weighted by molar-refractivity contribution is 8.18. The number of esters is 1. The molecule has 0 spiro atoms. The Bertz CT molecular complexity index is 3180. The molecule has 3 heterocycles. The summed E-state index contributed by atoms with van der Waals surface area (Å²) in [5.41, 5.74) is 5.56. The number of hydrogen-bond acceptors (Lipinski definition) is 18. The van der Waals surface area contributed by atoms with Gasteiger partial charge in [-0.2, -0.15) is 13.2 Å². The molecule has 5 aromatic rings. The minimum absolute atomic E-state index is 0.0241. The lowest BCUT2D eigenvalue weighted by atomic mass is 10.1. The molecule has 84 heavy (non-hydrogen) atoms. The Morgan fingerprint density at radius 3 is 1.74 bits per heavy atom. The number of nitrogens with one attached hydrogen (secondary N) is 5. The molecule has 0 atom stereocenters. The lowest BCUT2D eigenvalue weighted by Crippen LogP contribution is -2.28. The van der Waals surface area contributed by atoms with Gasteiger partial charge in [0.2, 0.25) is 11.8 Å². The number of aromatic hydroxyl groups is 1. The highest BCUT2D eigenvalue weighted by Crippen LogP contribution is 2.41. The summed E-state index contributed by atoms with van der Waals surface area (Å²) < 4.78 is 59.5. The number of halogens is 3. The zero-order valence-electron chi connectivity index (χ0n) is 45.5. The number of nitrogens with zero attached hydrogens (tertiary/aromatic N) is 3. The number of carbonyl (C=O) groups is 5. The first kappa shape index (κ1) is 62.6. The van der Waals surface area contributed by atoms with Gasteiger partial charge in [0, 0.05) is 47.7 Å². The van der Waals surface area contributed by atoms with Crippen molar-refractivity contribution in [3.8, 4) is 11.5 Å². The lowest BCUT2D eigenvalue weighted by molar-refractivity contribution is -0.192. The van der Waals surface area contributed by atoms with Crippen LogP contribution in [-0.4, -0.2) is 153 Å². The number of aliphatic carboxylic acids is 1. The second-order valence-electron chi connectivity index (χ2n) is 18.2. The number of anilines is 2. The Hall–Kier alpha value is -9.04. The maximum atomic E-state index is 13.4. The number of para-hydroxylation sites is 1. The minimum atomic E-state index is -5.08. The van der Waals surface area contributed by atoms with E-state index >= 15 is 0 Å². The van der Waals surface area contributed by atoms with Gasteiger partial charge in [0.25, 0.3) is 5.91 Å². The number of aliphatic hydroxyl groups excluding tert-OH is 1. The van der Waals surface area contributed by atoms with E-state index in [-0.39, 0.29) is 92.6 Å². The van der Waals surface area contributed by atoms with E-state index in [1.165, 1.54) is 6.07 Å². The van der Waals surface area contributed by atoms with E-state index in [1.54, 1.807) is 55.5 Å². The maximum Gasteiger partial charge on any atom is 0.490 e. The van der Waals surface area contributed by atoms with E-state index in [4.69, 9.17) is 33.6 Å². The Balaban J connectivity index is 0.00000136. The minimum Gasteiger partial charge on any atom is -0.506 e. The van der Waals surface area contributed by atoms with Gasteiger partial charge in [-0.1, -0.05) is 84.6 Å². The van der Waals surface area contributed by atoms with Gasteiger partial charge in [-0.3, -0.25) is 24.4 Å². The highest BCUT2D eigenvalue weighted by Gasteiger charge is 2.38. The molecule has 0 saturated heterocycles. The van der Waals surface area contributed by atoms with E-state index in [0.717, 1.165) is 71.9 Å². The van der Waals surface area contributed by atoms with Crippen molar-refractivity contribution in [3.05, 3.63) is 165 Å². The Kier molecular flexibility index (Phi) is 23.4. The Morgan fingerprint density at radius 2 is 1.24 bits per heavy atom. The predicted octanol–water partition coefficient (Wildman–Crippen LogP) is 7.14. The topological polar surface area (TPSA) is 289 Å². The van der Waals surface area contributed by atoms with E-state index in [2.05, 4.69) is 41.6 Å². The standard InChI is InChI=1S/C57H60N8O11S.C2HF3O2/c1-2-75-57(71)51-52(69)48(77-56(51)65-43-6-4-3-5-7-43)31-39-12-17-47(46(66)30-39)76-29-28-74-27-26-73-25-24-72-23-22-62-55(70)42-34-44(63-49(67)32-37-8-13-40(14-9-37)53-58-18-19-59-53)36-45(35-42)64-50(68)33-38-10-15-41(16-11-38)54-60-20-21-61-54;3-2(4,5)1(6)7/h3-17,30-31,34-36,66,69H,2,18-29,32-33H2,1H3,(H,58,59)(H,60,61)(H,62,70)(H,63,67)(H,64,68);(H,6,7)/b48-31-,65-56?;. The van der Waals surface area contributed by atoms with Gasteiger partial charge >= 0.3 is 18.1 Å². The Morgan fingerprint density at radius 1 is 0.702 bits per heavy atom. The first-order chi connectivity index (χ1) is 40.5. The van der Waals surface area contributed by atoms with Gasteiger partial charge in [0.1, 0.15) is 34.7 Å². The molecule has 25 heteroatoms. The van der Waals surface area contributed by atoms with Crippen LogP contribution in [0.5, 0.6) is 11.5 Å². The number of rotatable bonds is 26. The number of benzene rings is 5.